The number of amides is 4. The van der Waals surface area contributed by atoms with Crippen LogP contribution in [-0.2, 0) is 23.9 Å². The van der Waals surface area contributed by atoms with Crippen LogP contribution in [0.3, 0.4) is 0 Å². The van der Waals surface area contributed by atoms with Crippen LogP contribution in [0, 0.1) is 0 Å². The third-order valence-electron chi connectivity index (χ3n) is 5.15. The van der Waals surface area contributed by atoms with Gasteiger partial charge in [-0.3, -0.25) is 29.0 Å². The van der Waals surface area contributed by atoms with Crippen molar-refractivity contribution in [2.75, 3.05) is 18.5 Å². The minimum Gasteiger partial charge on any atom is -0.462 e. The van der Waals surface area contributed by atoms with Crippen LogP contribution < -0.4 is 5.32 Å². The molecule has 1 unspecified atom stereocenters. The zero-order chi connectivity index (χ0) is 25.1. The number of hydrogen-bond acceptors (Lipinski definition) is 9. The SMILES string of the molecule is CCOC(=O)c1ccc(NC(=O)CN2C(=O)CC(N3C(=O)/C(=C\c4cccs4)SC3=S)C2=O)cc1. The molecule has 2 saturated heterocycles. The summed E-state index contributed by atoms with van der Waals surface area (Å²) in [5.74, 6) is -2.74. The van der Waals surface area contributed by atoms with Gasteiger partial charge in [0.15, 0.2) is 0 Å². The highest BCUT2D eigenvalue weighted by Crippen LogP contribution is 2.36. The molecule has 9 nitrogen and oxygen atoms in total. The number of benzene rings is 1. The molecule has 180 valence electrons. The highest BCUT2D eigenvalue weighted by molar-refractivity contribution is 8.26. The normalized spacial score (nSPS) is 19.1. The van der Waals surface area contributed by atoms with Crippen LogP contribution in [0.25, 0.3) is 6.08 Å². The summed E-state index contributed by atoms with van der Waals surface area (Å²) in [6.07, 6.45) is 1.45. The van der Waals surface area contributed by atoms with Crippen molar-refractivity contribution in [1.82, 2.24) is 9.80 Å². The molecule has 2 aliphatic rings. The van der Waals surface area contributed by atoms with Crippen molar-refractivity contribution in [3.05, 3.63) is 57.1 Å². The van der Waals surface area contributed by atoms with Crippen molar-refractivity contribution in [3.8, 4) is 0 Å². The Kier molecular flexibility index (Phi) is 7.43. The summed E-state index contributed by atoms with van der Waals surface area (Å²) in [6, 6.07) is 8.64. The molecule has 35 heavy (non-hydrogen) atoms. The number of thioether (sulfide) groups is 1. The summed E-state index contributed by atoms with van der Waals surface area (Å²) in [5, 5.41) is 4.46. The monoisotopic (exact) mass is 529 g/mol. The van der Waals surface area contributed by atoms with E-state index in [4.69, 9.17) is 17.0 Å². The number of nitrogens with one attached hydrogen (secondary N) is 1. The fraction of sp³-hybridized carbons (Fsp3) is 0.217. The van der Waals surface area contributed by atoms with Gasteiger partial charge in [0.1, 0.15) is 16.9 Å². The lowest BCUT2D eigenvalue weighted by molar-refractivity contribution is -0.143. The van der Waals surface area contributed by atoms with Gasteiger partial charge in [-0.05, 0) is 48.7 Å². The minimum atomic E-state index is -1.08. The maximum Gasteiger partial charge on any atom is 0.338 e. The second kappa shape index (κ2) is 10.5. The van der Waals surface area contributed by atoms with Crippen molar-refractivity contribution >= 4 is 81.0 Å². The molecule has 1 aromatic carbocycles. The van der Waals surface area contributed by atoms with Gasteiger partial charge in [0.25, 0.3) is 11.8 Å². The molecule has 0 bridgehead atoms. The predicted octanol–water partition coefficient (Wildman–Crippen LogP) is 2.89. The fourth-order valence-corrected chi connectivity index (χ4v) is 5.61. The Hall–Kier alpha value is -3.35. The average Bonchev–Trinajstić information content (AvgIpc) is 3.50. The molecule has 2 aromatic rings. The molecule has 0 saturated carbocycles. The summed E-state index contributed by atoms with van der Waals surface area (Å²) in [6.45, 7) is 1.44. The third kappa shape index (κ3) is 5.34. The summed E-state index contributed by atoms with van der Waals surface area (Å²) in [4.78, 5) is 65.9. The number of imide groups is 1. The lowest BCUT2D eigenvalue weighted by atomic mass is 10.2. The Balaban J connectivity index is 1.40. The zero-order valence-electron chi connectivity index (χ0n) is 18.4. The van der Waals surface area contributed by atoms with Gasteiger partial charge >= 0.3 is 5.97 Å². The van der Waals surface area contributed by atoms with Gasteiger partial charge in [-0.15, -0.1) is 11.3 Å². The maximum atomic E-state index is 13.0. The number of ether oxygens (including phenoxy) is 1. The number of carbonyl (C=O) groups is 5. The molecule has 0 aliphatic carbocycles. The van der Waals surface area contributed by atoms with E-state index < -0.39 is 42.2 Å². The van der Waals surface area contributed by atoms with E-state index in [0.717, 1.165) is 26.4 Å². The van der Waals surface area contributed by atoms with E-state index in [1.165, 1.54) is 35.6 Å². The third-order valence-corrected chi connectivity index (χ3v) is 7.30. The molecule has 1 N–H and O–H groups in total. The summed E-state index contributed by atoms with van der Waals surface area (Å²) >= 11 is 7.85. The number of likely N-dealkylation sites (tertiary alicyclic amines) is 1. The molecule has 0 radical (unpaired) electrons. The van der Waals surface area contributed by atoms with E-state index in [2.05, 4.69) is 5.32 Å². The average molecular weight is 530 g/mol. The van der Waals surface area contributed by atoms with E-state index >= 15 is 0 Å². The smallest absolute Gasteiger partial charge is 0.338 e. The van der Waals surface area contributed by atoms with Gasteiger partial charge in [-0.1, -0.05) is 30.0 Å². The molecular formula is C23H19N3O6S3. The number of anilines is 1. The van der Waals surface area contributed by atoms with Crippen LogP contribution in [0.1, 0.15) is 28.6 Å². The lowest BCUT2D eigenvalue weighted by Crippen LogP contribution is -2.45. The molecule has 1 aromatic heterocycles. The summed E-state index contributed by atoms with van der Waals surface area (Å²) in [5.41, 5.74) is 0.712. The molecule has 4 rings (SSSR count). The molecule has 3 heterocycles. The first-order valence-electron chi connectivity index (χ1n) is 10.5. The van der Waals surface area contributed by atoms with E-state index in [9.17, 15) is 24.0 Å². The first-order valence-corrected chi connectivity index (χ1v) is 12.6. The summed E-state index contributed by atoms with van der Waals surface area (Å²) < 4.78 is 5.10. The highest BCUT2D eigenvalue weighted by atomic mass is 32.2. The van der Waals surface area contributed by atoms with Gasteiger partial charge in [0.2, 0.25) is 11.8 Å². The molecule has 2 aliphatic heterocycles. The number of rotatable bonds is 7. The first kappa shape index (κ1) is 24.8. The van der Waals surface area contributed by atoms with Crippen molar-refractivity contribution in [2.24, 2.45) is 0 Å². The van der Waals surface area contributed by atoms with Crippen LogP contribution in [0.15, 0.2) is 46.7 Å². The first-order chi connectivity index (χ1) is 16.8. The fourth-order valence-electron chi connectivity index (χ4n) is 3.53. The highest BCUT2D eigenvalue weighted by Gasteiger charge is 2.48. The van der Waals surface area contributed by atoms with E-state index in [1.807, 2.05) is 17.5 Å². The number of thiocarbonyl (C=S) groups is 1. The van der Waals surface area contributed by atoms with Crippen molar-refractivity contribution in [3.63, 3.8) is 0 Å². The van der Waals surface area contributed by atoms with Gasteiger partial charge in [0.05, 0.1) is 23.5 Å². The molecular weight excluding hydrogens is 510 g/mol. The van der Waals surface area contributed by atoms with Crippen LogP contribution >= 0.6 is 35.3 Å². The Bertz CT molecular complexity index is 1240. The quantitative estimate of drug-likeness (QED) is 0.252. The van der Waals surface area contributed by atoms with Gasteiger partial charge in [-0.25, -0.2) is 4.79 Å². The van der Waals surface area contributed by atoms with Crippen molar-refractivity contribution in [2.45, 2.75) is 19.4 Å². The Morgan fingerprint density at radius 1 is 1.20 bits per heavy atom. The molecule has 4 amide bonds. The topological polar surface area (TPSA) is 113 Å². The Morgan fingerprint density at radius 3 is 2.60 bits per heavy atom. The number of esters is 1. The van der Waals surface area contributed by atoms with E-state index in [1.54, 1.807) is 13.0 Å². The summed E-state index contributed by atoms with van der Waals surface area (Å²) in [7, 11) is 0. The van der Waals surface area contributed by atoms with Gasteiger partial charge in [0, 0.05) is 10.6 Å². The Morgan fingerprint density at radius 2 is 1.94 bits per heavy atom. The van der Waals surface area contributed by atoms with E-state index in [0.29, 0.717) is 16.2 Å². The lowest BCUT2D eigenvalue weighted by Gasteiger charge is -2.21. The second-order valence-electron chi connectivity index (χ2n) is 7.45. The Labute approximate surface area is 214 Å². The number of nitrogens with zero attached hydrogens (tertiary/aromatic N) is 2. The molecule has 12 heteroatoms. The standard InChI is InChI=1S/C23H19N3O6S3/c1-2-32-22(31)13-5-7-14(8-6-13)24-18(27)12-25-19(28)11-16(20(25)29)26-21(30)17(35-23(26)33)10-15-4-3-9-34-15/h3-10,16H,2,11-12H2,1H3,(H,24,27)/b17-10+. The minimum absolute atomic E-state index is 0.192. The van der Waals surface area contributed by atoms with Crippen LogP contribution in [0.5, 0.6) is 0 Å². The maximum absolute atomic E-state index is 13.0. The van der Waals surface area contributed by atoms with Gasteiger partial charge in [-0.2, -0.15) is 0 Å². The van der Waals surface area contributed by atoms with Gasteiger partial charge < -0.3 is 10.1 Å². The number of hydrogen-bond donors (Lipinski definition) is 1. The van der Waals surface area contributed by atoms with Crippen LogP contribution in [0.4, 0.5) is 5.69 Å². The molecule has 1 atom stereocenters. The van der Waals surface area contributed by atoms with Crippen LogP contribution in [0.2, 0.25) is 0 Å². The largest absolute Gasteiger partial charge is 0.462 e. The van der Waals surface area contributed by atoms with E-state index in [-0.39, 0.29) is 17.3 Å². The van der Waals surface area contributed by atoms with Crippen molar-refractivity contribution < 1.29 is 28.7 Å². The molecule has 2 fully saturated rings. The second-order valence-corrected chi connectivity index (χ2v) is 10.1. The van der Waals surface area contributed by atoms with Crippen LogP contribution in [-0.4, -0.2) is 62.9 Å². The van der Waals surface area contributed by atoms with Crippen molar-refractivity contribution in [1.29, 1.82) is 0 Å². The molecule has 0 spiro atoms. The number of carbonyl (C=O) groups excluding carboxylic acids is 5. The predicted molar refractivity (Wildman–Crippen MR) is 135 cm³/mol. The number of thiophene rings is 1. The zero-order valence-corrected chi connectivity index (χ0v) is 20.8.